The number of nitrogens with zero attached hydrogens (tertiary/aromatic N) is 4. The average molecular weight is 599 g/mol. The van der Waals surface area contributed by atoms with Crippen LogP contribution in [0.4, 0.5) is 9.93 Å². The van der Waals surface area contributed by atoms with Gasteiger partial charge in [-0.25, -0.2) is 15.6 Å². The summed E-state index contributed by atoms with van der Waals surface area (Å²) in [6.45, 7) is 8.82. The molecule has 226 valence electrons. The Hall–Kier alpha value is -3.97. The fraction of sp³-hybridized carbons (Fsp3) is 0.483. The Morgan fingerprint density at radius 3 is 2.31 bits per heavy atom. The smallest absolute Gasteiger partial charge is 0.340 e. The molecule has 0 saturated heterocycles. The molecule has 0 radical (unpaired) electrons. The highest BCUT2D eigenvalue weighted by atomic mass is 32.1. The summed E-state index contributed by atoms with van der Waals surface area (Å²) >= 11 is 1.33. The monoisotopic (exact) mass is 598 g/mol. The van der Waals surface area contributed by atoms with Crippen LogP contribution in [0.15, 0.2) is 23.6 Å². The number of benzene rings is 1. The molecule has 3 N–H and O–H groups in total. The molecule has 3 aromatic rings. The number of carbonyl (C=O) groups is 4. The van der Waals surface area contributed by atoms with Crippen LogP contribution in [0.1, 0.15) is 67.9 Å². The number of nitrogen functional groups attached to an aromatic ring is 1. The number of hydrogen-bond acceptors (Lipinski definition) is 10. The Morgan fingerprint density at radius 1 is 1.10 bits per heavy atom. The number of methoxy groups -OCH3 is 2. The van der Waals surface area contributed by atoms with E-state index >= 15 is 0 Å². The highest BCUT2D eigenvalue weighted by molar-refractivity contribution is 7.14. The van der Waals surface area contributed by atoms with E-state index in [1.807, 2.05) is 13.8 Å². The largest absolute Gasteiger partial charge is 0.493 e. The van der Waals surface area contributed by atoms with Crippen LogP contribution in [0, 0.1) is 11.8 Å². The van der Waals surface area contributed by atoms with Gasteiger partial charge < -0.3 is 19.2 Å². The number of carbonyl (C=O) groups excluding carboxylic acids is 4. The molecule has 12 nitrogen and oxygen atoms in total. The minimum atomic E-state index is -1.10. The van der Waals surface area contributed by atoms with Gasteiger partial charge in [-0.3, -0.25) is 24.5 Å². The lowest BCUT2D eigenvalue weighted by Gasteiger charge is -2.27. The van der Waals surface area contributed by atoms with Crippen LogP contribution in [0.5, 0.6) is 11.5 Å². The number of rotatable bonds is 12. The number of nitrogens with one attached hydrogen (secondary N) is 1. The van der Waals surface area contributed by atoms with Gasteiger partial charge in [-0.2, -0.15) is 0 Å². The van der Waals surface area contributed by atoms with Gasteiger partial charge in [0.15, 0.2) is 16.6 Å². The lowest BCUT2D eigenvalue weighted by Crippen LogP contribution is -2.48. The highest BCUT2D eigenvalue weighted by Crippen LogP contribution is 2.36. The minimum absolute atomic E-state index is 0.0163. The molecule has 1 saturated carbocycles. The number of ether oxygens (including phenoxy) is 2. The molecule has 0 spiro atoms. The Labute approximate surface area is 248 Å². The van der Waals surface area contributed by atoms with E-state index in [0.29, 0.717) is 45.8 Å². The molecule has 1 aliphatic rings. The molecule has 1 atom stereocenters. The zero-order valence-corrected chi connectivity index (χ0v) is 25.6. The molecule has 2 heterocycles. The number of nitrogens with two attached hydrogens (primary N) is 1. The first-order valence-corrected chi connectivity index (χ1v) is 14.8. The SMILES string of the molecule is COc1cc2cc(C(=O)N(C(=O)c3csc(N(CC(C)C)C4CC4)n3)[C@H](C=O)CC(C)C)n(C(=O)NN)c2cc1OC. The molecule has 13 heteroatoms. The summed E-state index contributed by atoms with van der Waals surface area (Å²) in [5, 5.41) is 2.77. The molecule has 4 rings (SSSR count). The molecule has 1 aliphatic carbocycles. The second kappa shape index (κ2) is 12.9. The summed E-state index contributed by atoms with van der Waals surface area (Å²) in [7, 11) is 2.91. The minimum Gasteiger partial charge on any atom is -0.493 e. The standard InChI is InChI=1S/C29H38N6O6S/c1-16(2)9-20(14-36)34(26(37)21-15-42-29(31-21)33(13-17(3)4)19-7-8-19)27(38)23-10-18-11-24(40-5)25(41-6)12-22(18)35(23)28(39)32-30/h10-12,14-17,19-20H,7-9,13,30H2,1-6H3,(H,32,39)/t20-/m0/s1. The van der Waals surface area contributed by atoms with Gasteiger partial charge in [0.05, 0.1) is 25.8 Å². The molecule has 42 heavy (non-hydrogen) atoms. The summed E-state index contributed by atoms with van der Waals surface area (Å²) in [6, 6.07) is 3.06. The zero-order chi connectivity index (χ0) is 30.7. The van der Waals surface area contributed by atoms with E-state index in [0.717, 1.165) is 28.9 Å². The van der Waals surface area contributed by atoms with Crippen molar-refractivity contribution in [1.29, 1.82) is 0 Å². The molecule has 0 aliphatic heterocycles. The third-order valence-electron chi connectivity index (χ3n) is 7.00. The molecular formula is C29H38N6O6S. The van der Waals surface area contributed by atoms with Crippen LogP contribution >= 0.6 is 11.3 Å². The summed E-state index contributed by atoms with van der Waals surface area (Å²) < 4.78 is 11.8. The number of amides is 3. The number of hydrazine groups is 1. The molecule has 0 bridgehead atoms. The fourth-order valence-electron chi connectivity index (χ4n) is 4.98. The third-order valence-corrected chi connectivity index (χ3v) is 7.88. The first-order valence-electron chi connectivity index (χ1n) is 13.9. The number of aromatic nitrogens is 2. The van der Waals surface area contributed by atoms with Crippen molar-refractivity contribution in [2.75, 3.05) is 25.7 Å². The number of fused-ring (bicyclic) bond motifs is 1. The Bertz CT molecular complexity index is 1480. The van der Waals surface area contributed by atoms with Crippen LogP contribution in [0.25, 0.3) is 10.9 Å². The van der Waals surface area contributed by atoms with Gasteiger partial charge in [0.25, 0.3) is 11.8 Å². The molecule has 0 unspecified atom stereocenters. The quantitative estimate of drug-likeness (QED) is 0.103. The van der Waals surface area contributed by atoms with E-state index in [4.69, 9.17) is 15.3 Å². The van der Waals surface area contributed by atoms with Crippen molar-refractivity contribution in [1.82, 2.24) is 19.9 Å². The third kappa shape index (κ3) is 6.26. The van der Waals surface area contributed by atoms with Gasteiger partial charge in [-0.1, -0.05) is 27.7 Å². The van der Waals surface area contributed by atoms with Crippen molar-refractivity contribution in [3.8, 4) is 11.5 Å². The maximum atomic E-state index is 14.3. The normalized spacial score (nSPS) is 13.7. The van der Waals surface area contributed by atoms with Crippen molar-refractivity contribution >= 4 is 51.5 Å². The number of aldehydes is 1. The lowest BCUT2D eigenvalue weighted by molar-refractivity contribution is -0.111. The Kier molecular flexibility index (Phi) is 9.52. The predicted octanol–water partition coefficient (Wildman–Crippen LogP) is 4.07. The maximum absolute atomic E-state index is 14.3. The van der Waals surface area contributed by atoms with Crippen molar-refractivity contribution in [3.05, 3.63) is 35.0 Å². The second-order valence-electron chi connectivity index (χ2n) is 11.2. The van der Waals surface area contributed by atoms with E-state index in [1.54, 1.807) is 11.4 Å². The van der Waals surface area contributed by atoms with E-state index < -0.39 is 23.9 Å². The number of anilines is 1. The van der Waals surface area contributed by atoms with Crippen LogP contribution in [-0.2, 0) is 4.79 Å². The van der Waals surface area contributed by atoms with E-state index in [2.05, 4.69) is 29.2 Å². The van der Waals surface area contributed by atoms with E-state index in [1.165, 1.54) is 37.7 Å². The average Bonchev–Trinajstić information content (AvgIpc) is 3.56. The van der Waals surface area contributed by atoms with Gasteiger partial charge in [0, 0.05) is 29.4 Å². The van der Waals surface area contributed by atoms with E-state index in [-0.39, 0.29) is 23.7 Å². The highest BCUT2D eigenvalue weighted by Gasteiger charge is 2.37. The summed E-state index contributed by atoms with van der Waals surface area (Å²) in [6.07, 6.45) is 2.93. The first kappa shape index (κ1) is 31.0. The topological polar surface area (TPSA) is 149 Å². The summed E-state index contributed by atoms with van der Waals surface area (Å²) in [4.78, 5) is 61.4. The van der Waals surface area contributed by atoms with Gasteiger partial charge >= 0.3 is 6.03 Å². The van der Waals surface area contributed by atoms with Crippen molar-refractivity contribution < 1.29 is 28.7 Å². The molecule has 1 aromatic carbocycles. The van der Waals surface area contributed by atoms with Gasteiger partial charge in [0.2, 0.25) is 0 Å². The zero-order valence-electron chi connectivity index (χ0n) is 24.7. The number of thiazole rings is 1. The van der Waals surface area contributed by atoms with Crippen molar-refractivity contribution in [3.63, 3.8) is 0 Å². The second-order valence-corrected chi connectivity index (χ2v) is 12.0. The number of hydrogen-bond donors (Lipinski definition) is 2. The molecule has 3 amide bonds. The van der Waals surface area contributed by atoms with Gasteiger partial charge in [-0.15, -0.1) is 11.3 Å². The first-order chi connectivity index (χ1) is 20.0. The fourth-order valence-corrected chi connectivity index (χ4v) is 5.86. The predicted molar refractivity (Wildman–Crippen MR) is 160 cm³/mol. The molecule has 1 fully saturated rings. The number of imide groups is 1. The molecule has 2 aromatic heterocycles. The van der Waals surface area contributed by atoms with Crippen molar-refractivity contribution in [2.45, 2.75) is 59.0 Å². The van der Waals surface area contributed by atoms with E-state index in [9.17, 15) is 19.2 Å². The van der Waals surface area contributed by atoms with Crippen LogP contribution in [-0.4, -0.2) is 71.4 Å². The van der Waals surface area contributed by atoms with Gasteiger partial charge in [0.1, 0.15) is 17.7 Å². The van der Waals surface area contributed by atoms with Gasteiger partial charge in [-0.05, 0) is 43.2 Å². The van der Waals surface area contributed by atoms with Crippen LogP contribution in [0.2, 0.25) is 0 Å². The van der Waals surface area contributed by atoms with Crippen LogP contribution in [0.3, 0.4) is 0 Å². The Balaban J connectivity index is 1.82. The lowest BCUT2D eigenvalue weighted by atomic mass is 10.0. The summed E-state index contributed by atoms with van der Waals surface area (Å²) in [5.74, 6) is 5.00. The maximum Gasteiger partial charge on any atom is 0.340 e. The van der Waals surface area contributed by atoms with Crippen molar-refractivity contribution in [2.24, 2.45) is 17.7 Å². The van der Waals surface area contributed by atoms with Crippen LogP contribution < -0.4 is 25.6 Å². The Morgan fingerprint density at radius 2 is 1.76 bits per heavy atom. The molecular weight excluding hydrogens is 560 g/mol. The summed E-state index contributed by atoms with van der Waals surface area (Å²) in [5.41, 5.74) is 2.24.